The van der Waals surface area contributed by atoms with Gasteiger partial charge in [0.2, 0.25) is 0 Å². The fraction of sp³-hybridized carbons (Fsp3) is 0.160. The Morgan fingerprint density at radius 1 is 1.12 bits per heavy atom. The number of nitrogens with two attached hydrogens (primary N) is 1. The lowest BCUT2D eigenvalue weighted by Gasteiger charge is -2.26. The van der Waals surface area contributed by atoms with Crippen molar-refractivity contribution in [2.75, 3.05) is 26.0 Å². The van der Waals surface area contributed by atoms with E-state index in [1.54, 1.807) is 6.20 Å². The lowest BCUT2D eigenvalue weighted by Crippen LogP contribution is -2.32. The van der Waals surface area contributed by atoms with E-state index < -0.39 is 11.9 Å². The molecule has 9 nitrogen and oxygen atoms in total. The third-order valence-corrected chi connectivity index (χ3v) is 5.42. The lowest BCUT2D eigenvalue weighted by molar-refractivity contribution is 0.0958. The summed E-state index contributed by atoms with van der Waals surface area (Å²) in [5.74, 6) is 0.365. The molecule has 1 aromatic heterocycles. The minimum Gasteiger partial charge on any atom is -0.491 e. The van der Waals surface area contributed by atoms with Crippen LogP contribution in [0.2, 0.25) is 0 Å². The second-order valence-electron chi connectivity index (χ2n) is 7.75. The molecular weight excluding hydrogens is 432 g/mol. The van der Waals surface area contributed by atoms with Gasteiger partial charge in [0.15, 0.2) is 5.69 Å². The number of urea groups is 1. The van der Waals surface area contributed by atoms with Crippen LogP contribution in [0.15, 0.2) is 79.2 Å². The Hall–Kier alpha value is -4.53. The first-order chi connectivity index (χ1) is 16.4. The number of benzene rings is 2. The van der Waals surface area contributed by atoms with Gasteiger partial charge in [-0.15, -0.1) is 0 Å². The number of allylic oxidation sites excluding steroid dienone is 2. The van der Waals surface area contributed by atoms with Crippen LogP contribution < -0.4 is 21.1 Å². The Balaban J connectivity index is 1.51. The van der Waals surface area contributed by atoms with Gasteiger partial charge in [0.05, 0.1) is 23.6 Å². The van der Waals surface area contributed by atoms with Gasteiger partial charge < -0.3 is 26.0 Å². The standard InChI is InChI=1S/C25H26N6O3/c1-27-24(32)23-22(28-25(26)33)15-31(29-23)19-11-9-17(10-12-19)18-6-5-8-21(14-18)34-16-20-7-3-4-13-30(20)2/h3-15,20H,16H2,1-2H3,(H,27,32)(H3,26,28,33). The molecule has 9 heteroatoms. The number of carbonyl (C=O) groups is 2. The maximum atomic E-state index is 12.1. The number of rotatable bonds is 7. The maximum absolute atomic E-state index is 12.1. The fourth-order valence-corrected chi connectivity index (χ4v) is 3.57. The topological polar surface area (TPSA) is 115 Å². The van der Waals surface area contributed by atoms with E-state index in [-0.39, 0.29) is 17.4 Å². The molecule has 1 atom stereocenters. The zero-order chi connectivity index (χ0) is 24.1. The highest BCUT2D eigenvalue weighted by Gasteiger charge is 2.18. The van der Waals surface area contributed by atoms with Crippen LogP contribution in [0.3, 0.4) is 0 Å². The zero-order valence-corrected chi connectivity index (χ0v) is 18.9. The number of likely N-dealkylation sites (N-methyl/N-ethyl adjacent to an activating group) is 1. The van der Waals surface area contributed by atoms with Crippen LogP contribution in [0.1, 0.15) is 10.5 Å². The van der Waals surface area contributed by atoms with Crippen LogP contribution in [-0.2, 0) is 0 Å². The van der Waals surface area contributed by atoms with Gasteiger partial charge in [-0.3, -0.25) is 4.79 Å². The van der Waals surface area contributed by atoms with Crippen LogP contribution in [0.5, 0.6) is 5.75 Å². The number of hydrogen-bond donors (Lipinski definition) is 3. The molecule has 0 radical (unpaired) electrons. The van der Waals surface area contributed by atoms with Crippen molar-refractivity contribution in [2.45, 2.75) is 6.04 Å². The van der Waals surface area contributed by atoms with Crippen molar-refractivity contribution in [3.8, 4) is 22.6 Å². The molecule has 0 spiro atoms. The summed E-state index contributed by atoms with van der Waals surface area (Å²) < 4.78 is 7.54. The fourth-order valence-electron chi connectivity index (χ4n) is 3.57. The summed E-state index contributed by atoms with van der Waals surface area (Å²) in [7, 11) is 3.51. The Bertz CT molecular complexity index is 1250. The van der Waals surface area contributed by atoms with Gasteiger partial charge in [0.25, 0.3) is 5.91 Å². The monoisotopic (exact) mass is 458 g/mol. The molecule has 0 saturated heterocycles. The van der Waals surface area contributed by atoms with Crippen molar-refractivity contribution in [3.05, 3.63) is 84.8 Å². The summed E-state index contributed by atoms with van der Waals surface area (Å²) in [6, 6.07) is 15.0. The van der Waals surface area contributed by atoms with Crippen molar-refractivity contribution in [2.24, 2.45) is 5.73 Å². The van der Waals surface area contributed by atoms with Gasteiger partial charge in [0.1, 0.15) is 12.4 Å². The van der Waals surface area contributed by atoms with E-state index >= 15 is 0 Å². The minimum atomic E-state index is -0.773. The zero-order valence-electron chi connectivity index (χ0n) is 18.9. The SMILES string of the molecule is CNC(=O)c1nn(-c2ccc(-c3cccc(OCC4C=CC=CN4C)c3)cc2)cc1NC(N)=O. The molecule has 4 N–H and O–H groups in total. The summed E-state index contributed by atoms with van der Waals surface area (Å²) in [5.41, 5.74) is 8.25. The lowest BCUT2D eigenvalue weighted by atomic mass is 10.1. The normalized spacial score (nSPS) is 14.6. The highest BCUT2D eigenvalue weighted by Crippen LogP contribution is 2.26. The number of anilines is 1. The average Bonchev–Trinajstić information content (AvgIpc) is 3.26. The highest BCUT2D eigenvalue weighted by atomic mass is 16.5. The van der Waals surface area contributed by atoms with E-state index in [1.165, 1.54) is 11.7 Å². The van der Waals surface area contributed by atoms with Gasteiger partial charge >= 0.3 is 6.03 Å². The molecule has 4 rings (SSSR count). The van der Waals surface area contributed by atoms with E-state index in [2.05, 4.69) is 26.7 Å². The predicted molar refractivity (Wildman–Crippen MR) is 131 cm³/mol. The van der Waals surface area contributed by atoms with E-state index in [0.29, 0.717) is 6.61 Å². The summed E-state index contributed by atoms with van der Waals surface area (Å²) in [5, 5.41) is 9.23. The van der Waals surface area contributed by atoms with Crippen molar-refractivity contribution >= 4 is 17.6 Å². The van der Waals surface area contributed by atoms with Gasteiger partial charge in [-0.25, -0.2) is 9.48 Å². The smallest absolute Gasteiger partial charge is 0.316 e. The van der Waals surface area contributed by atoms with E-state index in [0.717, 1.165) is 22.6 Å². The maximum Gasteiger partial charge on any atom is 0.316 e. The van der Waals surface area contributed by atoms with E-state index in [4.69, 9.17) is 10.5 Å². The first-order valence-electron chi connectivity index (χ1n) is 10.7. The number of primary amides is 1. The number of nitrogens with zero attached hydrogens (tertiary/aromatic N) is 3. The second kappa shape index (κ2) is 9.95. The summed E-state index contributed by atoms with van der Waals surface area (Å²) in [6.45, 7) is 0.550. The number of carbonyl (C=O) groups excluding carboxylic acids is 2. The van der Waals surface area contributed by atoms with Gasteiger partial charge in [0, 0.05) is 14.1 Å². The Kier molecular flexibility index (Phi) is 6.63. The highest BCUT2D eigenvalue weighted by molar-refractivity contribution is 6.01. The van der Waals surface area contributed by atoms with Crippen LogP contribution in [0, 0.1) is 0 Å². The molecule has 1 aliphatic heterocycles. The van der Waals surface area contributed by atoms with Gasteiger partial charge in [-0.05, 0) is 47.7 Å². The van der Waals surface area contributed by atoms with Crippen molar-refractivity contribution < 1.29 is 14.3 Å². The van der Waals surface area contributed by atoms with Gasteiger partial charge in [-0.2, -0.15) is 5.10 Å². The quantitative estimate of drug-likeness (QED) is 0.503. The third-order valence-electron chi connectivity index (χ3n) is 5.42. The van der Waals surface area contributed by atoms with Crippen LogP contribution in [0.4, 0.5) is 10.5 Å². The molecular formula is C25H26N6O3. The molecule has 3 aromatic rings. The van der Waals surface area contributed by atoms with Crippen molar-refractivity contribution in [1.29, 1.82) is 0 Å². The molecule has 3 amide bonds. The Morgan fingerprint density at radius 3 is 2.62 bits per heavy atom. The van der Waals surface area contributed by atoms with E-state index in [1.807, 2.05) is 73.9 Å². The van der Waals surface area contributed by atoms with Crippen molar-refractivity contribution in [1.82, 2.24) is 20.0 Å². The average molecular weight is 459 g/mol. The van der Waals surface area contributed by atoms with E-state index in [9.17, 15) is 9.59 Å². The first-order valence-corrected chi connectivity index (χ1v) is 10.7. The largest absolute Gasteiger partial charge is 0.491 e. The molecule has 2 aromatic carbocycles. The Labute approximate surface area is 197 Å². The van der Waals surface area contributed by atoms with Crippen molar-refractivity contribution in [3.63, 3.8) is 0 Å². The predicted octanol–water partition coefficient (Wildman–Crippen LogP) is 3.15. The first kappa shape index (κ1) is 22.7. The van der Waals surface area contributed by atoms with Crippen LogP contribution >= 0.6 is 0 Å². The minimum absolute atomic E-state index is 0.0733. The molecule has 0 fully saturated rings. The molecule has 0 saturated carbocycles. The second-order valence-corrected chi connectivity index (χ2v) is 7.75. The van der Waals surface area contributed by atoms with Crippen LogP contribution in [0.25, 0.3) is 16.8 Å². The molecule has 2 heterocycles. The summed E-state index contributed by atoms with van der Waals surface area (Å²) in [6.07, 6.45) is 9.70. The third kappa shape index (κ3) is 5.09. The molecule has 174 valence electrons. The number of aromatic nitrogens is 2. The number of ether oxygens (including phenoxy) is 1. The summed E-state index contributed by atoms with van der Waals surface area (Å²) >= 11 is 0. The Morgan fingerprint density at radius 2 is 1.91 bits per heavy atom. The molecule has 1 aliphatic rings. The molecule has 0 aliphatic carbocycles. The molecule has 0 bridgehead atoms. The molecule has 1 unspecified atom stereocenters. The van der Waals surface area contributed by atoms with Crippen LogP contribution in [-0.4, -0.2) is 53.4 Å². The van der Waals surface area contributed by atoms with Gasteiger partial charge in [-0.1, -0.05) is 36.4 Å². The summed E-state index contributed by atoms with van der Waals surface area (Å²) in [4.78, 5) is 25.5. The number of nitrogens with one attached hydrogen (secondary N) is 2. The number of hydrogen-bond acceptors (Lipinski definition) is 5. The number of amides is 3. The molecule has 34 heavy (non-hydrogen) atoms.